The first-order valence-corrected chi connectivity index (χ1v) is 22.7. The van der Waals surface area contributed by atoms with Gasteiger partial charge in [0.15, 0.2) is 17.5 Å². The predicted octanol–water partition coefficient (Wildman–Crippen LogP) is 16.3. The molecule has 0 atom stereocenters. The van der Waals surface area contributed by atoms with Crippen LogP contribution in [0, 0.1) is 0 Å². The fraction of sp³-hybridized carbons (Fsp3) is 0. The van der Waals surface area contributed by atoms with E-state index in [1.54, 1.807) is 0 Å². The summed E-state index contributed by atoms with van der Waals surface area (Å²) >= 11 is 0. The van der Waals surface area contributed by atoms with Crippen LogP contribution in [0.4, 0.5) is 0 Å². The highest BCUT2D eigenvalue weighted by Crippen LogP contribution is 2.42. The Kier molecular flexibility index (Phi) is 10.2. The minimum absolute atomic E-state index is 0.622. The molecule has 0 saturated carbocycles. The number of hydrogen-bond donors (Lipinski definition) is 0. The molecular weight excluding hydrogens is 813 g/mol. The summed E-state index contributed by atoms with van der Waals surface area (Å²) in [4.78, 5) is 15.1. The fourth-order valence-electron chi connectivity index (χ4n) is 9.32. The average Bonchev–Trinajstić information content (AvgIpc) is 3.76. The van der Waals surface area contributed by atoms with Crippen molar-refractivity contribution in [1.29, 1.82) is 0 Å². The van der Waals surface area contributed by atoms with Crippen molar-refractivity contribution in [1.82, 2.24) is 19.5 Å². The molecule has 0 saturated heterocycles. The summed E-state index contributed by atoms with van der Waals surface area (Å²) in [5.41, 5.74) is 17.8. The van der Waals surface area contributed by atoms with E-state index in [9.17, 15) is 0 Å². The Balaban J connectivity index is 0.976. The average molecular weight is 855 g/mol. The Bertz CT molecular complexity index is 3690. The highest BCUT2D eigenvalue weighted by atomic mass is 15.0. The molecule has 0 N–H and O–H groups in total. The molecule has 2 heterocycles. The molecular formula is C63H42N4. The molecule has 4 nitrogen and oxygen atoms in total. The van der Waals surface area contributed by atoms with E-state index in [4.69, 9.17) is 15.0 Å². The van der Waals surface area contributed by atoms with Gasteiger partial charge in [-0.15, -0.1) is 0 Å². The van der Waals surface area contributed by atoms with E-state index in [1.165, 1.54) is 44.2 Å². The Labute approximate surface area is 389 Å². The Morgan fingerprint density at radius 2 is 0.627 bits per heavy atom. The standard InChI is InChI=1S/C63H42N4/c1-5-17-43(18-6-1)45-31-35-49(36-32-45)62-64-61(48-23-11-4-12-24-48)65-63(66-62)50-37-33-46(34-38-50)54-41-57(47-21-9-3-10-22-47)60-56-29-13-14-30-58(56)67(59(60)42-54)55-28-16-27-53(40-55)52-26-15-25-51(39-52)44-19-7-2-8-20-44/h1-42H. The van der Waals surface area contributed by atoms with E-state index in [0.29, 0.717) is 17.5 Å². The van der Waals surface area contributed by atoms with Gasteiger partial charge in [0.1, 0.15) is 0 Å². The molecule has 314 valence electrons. The van der Waals surface area contributed by atoms with E-state index < -0.39 is 0 Å². The second-order valence-corrected chi connectivity index (χ2v) is 16.8. The van der Waals surface area contributed by atoms with E-state index in [0.717, 1.165) is 55.7 Å². The van der Waals surface area contributed by atoms with Crippen LogP contribution in [0.5, 0.6) is 0 Å². The van der Waals surface area contributed by atoms with E-state index in [-0.39, 0.29) is 0 Å². The second kappa shape index (κ2) is 17.2. The Morgan fingerprint density at radius 3 is 1.21 bits per heavy atom. The van der Waals surface area contributed by atoms with Gasteiger partial charge >= 0.3 is 0 Å². The van der Waals surface area contributed by atoms with Crippen molar-refractivity contribution in [2.45, 2.75) is 0 Å². The predicted molar refractivity (Wildman–Crippen MR) is 278 cm³/mol. The maximum absolute atomic E-state index is 5.09. The van der Waals surface area contributed by atoms with Crippen molar-refractivity contribution in [3.63, 3.8) is 0 Å². The molecule has 0 aliphatic rings. The lowest BCUT2D eigenvalue weighted by molar-refractivity contribution is 1.07. The van der Waals surface area contributed by atoms with Crippen LogP contribution < -0.4 is 0 Å². The summed E-state index contributed by atoms with van der Waals surface area (Å²) in [6.45, 7) is 0. The molecule has 0 fully saturated rings. The number of para-hydroxylation sites is 1. The third-order valence-corrected chi connectivity index (χ3v) is 12.7. The van der Waals surface area contributed by atoms with E-state index >= 15 is 0 Å². The fourth-order valence-corrected chi connectivity index (χ4v) is 9.32. The lowest BCUT2D eigenvalue weighted by Crippen LogP contribution is -2.00. The van der Waals surface area contributed by atoms with Gasteiger partial charge in [-0.2, -0.15) is 0 Å². The summed E-state index contributed by atoms with van der Waals surface area (Å²) in [6.07, 6.45) is 0. The first kappa shape index (κ1) is 39.6. The summed E-state index contributed by atoms with van der Waals surface area (Å²) in [5.74, 6) is 1.89. The molecule has 0 unspecified atom stereocenters. The lowest BCUT2D eigenvalue weighted by atomic mass is 9.94. The normalized spacial score (nSPS) is 11.3. The summed E-state index contributed by atoms with van der Waals surface area (Å²) in [5, 5.41) is 2.44. The molecule has 0 amide bonds. The lowest BCUT2D eigenvalue weighted by Gasteiger charge is -2.14. The van der Waals surface area contributed by atoms with Crippen LogP contribution in [0.3, 0.4) is 0 Å². The molecule has 2 aromatic heterocycles. The van der Waals surface area contributed by atoms with Crippen molar-refractivity contribution >= 4 is 21.8 Å². The van der Waals surface area contributed by atoms with Gasteiger partial charge in [0.25, 0.3) is 0 Å². The van der Waals surface area contributed by atoms with Gasteiger partial charge in [-0.25, -0.2) is 15.0 Å². The van der Waals surface area contributed by atoms with Gasteiger partial charge in [0.05, 0.1) is 11.0 Å². The quantitative estimate of drug-likeness (QED) is 0.145. The maximum Gasteiger partial charge on any atom is 0.164 e. The maximum atomic E-state index is 5.09. The minimum Gasteiger partial charge on any atom is -0.309 e. The van der Waals surface area contributed by atoms with Crippen molar-refractivity contribution in [2.24, 2.45) is 0 Å². The van der Waals surface area contributed by atoms with E-state index in [1.807, 2.05) is 36.4 Å². The minimum atomic E-state index is 0.622. The van der Waals surface area contributed by atoms with Crippen LogP contribution in [0.1, 0.15) is 0 Å². The SMILES string of the molecule is c1ccc(-c2ccc(-c3nc(-c4ccccc4)nc(-c4ccc(-c5cc(-c6ccccc6)c6c7ccccc7n(-c7cccc(-c8cccc(-c9ccccc9)c8)c7)c6c5)cc4)n3)cc2)cc1. The number of aromatic nitrogens is 4. The van der Waals surface area contributed by atoms with Crippen LogP contribution in [-0.2, 0) is 0 Å². The van der Waals surface area contributed by atoms with Gasteiger partial charge in [-0.1, -0.05) is 218 Å². The van der Waals surface area contributed by atoms with Gasteiger partial charge < -0.3 is 4.57 Å². The Hall–Kier alpha value is -8.99. The van der Waals surface area contributed by atoms with Crippen molar-refractivity contribution in [2.75, 3.05) is 0 Å². The van der Waals surface area contributed by atoms with Crippen molar-refractivity contribution in [3.05, 3.63) is 255 Å². The first-order chi connectivity index (χ1) is 33.2. The van der Waals surface area contributed by atoms with Gasteiger partial charge in [0, 0.05) is 33.2 Å². The molecule has 0 aliphatic carbocycles. The highest BCUT2D eigenvalue weighted by molar-refractivity contribution is 6.17. The number of hydrogen-bond acceptors (Lipinski definition) is 3. The summed E-state index contributed by atoms with van der Waals surface area (Å²) in [6, 6.07) is 90.3. The molecule has 0 bridgehead atoms. The van der Waals surface area contributed by atoms with Gasteiger partial charge in [-0.3, -0.25) is 0 Å². The molecule has 10 aromatic carbocycles. The van der Waals surface area contributed by atoms with Crippen molar-refractivity contribution < 1.29 is 0 Å². The van der Waals surface area contributed by atoms with Crippen LogP contribution in [0.15, 0.2) is 255 Å². The van der Waals surface area contributed by atoms with Gasteiger partial charge in [0.2, 0.25) is 0 Å². The second-order valence-electron chi connectivity index (χ2n) is 16.8. The first-order valence-electron chi connectivity index (χ1n) is 22.7. The molecule has 0 aliphatic heterocycles. The highest BCUT2D eigenvalue weighted by Gasteiger charge is 2.20. The van der Waals surface area contributed by atoms with Crippen LogP contribution >= 0.6 is 0 Å². The number of rotatable bonds is 9. The Morgan fingerprint density at radius 1 is 0.239 bits per heavy atom. The zero-order chi connectivity index (χ0) is 44.5. The monoisotopic (exact) mass is 854 g/mol. The zero-order valence-electron chi connectivity index (χ0n) is 36.5. The van der Waals surface area contributed by atoms with E-state index in [2.05, 4.69) is 223 Å². The molecule has 67 heavy (non-hydrogen) atoms. The van der Waals surface area contributed by atoms with Gasteiger partial charge in [-0.05, 0) is 92.0 Å². The molecule has 12 rings (SSSR count). The summed E-state index contributed by atoms with van der Waals surface area (Å²) < 4.78 is 2.43. The van der Waals surface area contributed by atoms with Crippen LogP contribution in [0.25, 0.3) is 117 Å². The number of nitrogens with zero attached hydrogens (tertiary/aromatic N) is 4. The molecule has 0 spiro atoms. The van der Waals surface area contributed by atoms with Crippen molar-refractivity contribution in [3.8, 4) is 95.5 Å². The third kappa shape index (κ3) is 7.67. The smallest absolute Gasteiger partial charge is 0.164 e. The number of fused-ring (bicyclic) bond motifs is 3. The molecule has 12 aromatic rings. The van der Waals surface area contributed by atoms with Crippen LogP contribution in [0.2, 0.25) is 0 Å². The zero-order valence-corrected chi connectivity index (χ0v) is 36.5. The molecule has 0 radical (unpaired) electrons. The van der Waals surface area contributed by atoms with Crippen LogP contribution in [-0.4, -0.2) is 19.5 Å². The number of benzene rings is 10. The largest absolute Gasteiger partial charge is 0.309 e. The third-order valence-electron chi connectivity index (χ3n) is 12.7. The topological polar surface area (TPSA) is 43.6 Å². The summed E-state index contributed by atoms with van der Waals surface area (Å²) in [7, 11) is 0. The molecule has 4 heteroatoms.